The van der Waals surface area contributed by atoms with Crippen LogP contribution in [0.25, 0.3) is 0 Å². The molecule has 1 aliphatic heterocycles. The molecule has 102 valence electrons. The summed E-state index contributed by atoms with van der Waals surface area (Å²) in [7, 11) is 0. The van der Waals surface area contributed by atoms with Crippen LogP contribution in [-0.4, -0.2) is 42.4 Å². The van der Waals surface area contributed by atoms with Gasteiger partial charge in [-0.3, -0.25) is 4.90 Å². The molecule has 1 aromatic rings. The summed E-state index contributed by atoms with van der Waals surface area (Å²) >= 11 is 0. The summed E-state index contributed by atoms with van der Waals surface area (Å²) in [6, 6.07) is 9.61. The van der Waals surface area contributed by atoms with E-state index >= 15 is 0 Å². The van der Waals surface area contributed by atoms with Gasteiger partial charge in [0.2, 0.25) is 0 Å². The summed E-state index contributed by atoms with van der Waals surface area (Å²) in [5.74, 6) is 0. The number of rotatable bonds is 4. The minimum absolute atomic E-state index is 0.391. The van der Waals surface area contributed by atoms with Gasteiger partial charge >= 0.3 is 0 Å². The Hall–Kier alpha value is -1.41. The first kappa shape index (κ1) is 14.0. The van der Waals surface area contributed by atoms with Crippen LogP contribution in [0, 0.1) is 11.3 Å². The molecular formula is C15H20N2O2. The number of ether oxygens (including phenoxy) is 1. The highest BCUT2D eigenvalue weighted by Crippen LogP contribution is 2.18. The Kier molecular flexibility index (Phi) is 4.92. The van der Waals surface area contributed by atoms with Gasteiger partial charge in [0, 0.05) is 19.1 Å². The number of benzene rings is 1. The van der Waals surface area contributed by atoms with Crippen LogP contribution >= 0.6 is 0 Å². The molecule has 4 heteroatoms. The van der Waals surface area contributed by atoms with E-state index in [-0.39, 0.29) is 0 Å². The average Bonchev–Trinajstić information content (AvgIpc) is 2.48. The molecule has 2 unspecified atom stereocenters. The molecule has 1 saturated heterocycles. The second-order valence-electron chi connectivity index (χ2n) is 4.88. The number of β-amino-alcohol motifs (C(OH)–C–C–N with tert-alkyl or cyclic N) is 1. The van der Waals surface area contributed by atoms with Gasteiger partial charge in [0.25, 0.3) is 0 Å². The minimum Gasteiger partial charge on any atom is -0.387 e. The third-order valence-electron chi connectivity index (χ3n) is 3.65. The second kappa shape index (κ2) is 6.67. The normalized spacial score (nSPS) is 21.8. The number of nitrogens with zero attached hydrogens (tertiary/aromatic N) is 2. The van der Waals surface area contributed by atoms with Gasteiger partial charge in [0.05, 0.1) is 31.0 Å². The minimum atomic E-state index is -0.514. The van der Waals surface area contributed by atoms with Crippen LogP contribution in [0.2, 0.25) is 0 Å². The van der Waals surface area contributed by atoms with Crippen LogP contribution in [0.5, 0.6) is 0 Å². The molecule has 0 spiro atoms. The largest absolute Gasteiger partial charge is 0.387 e. The van der Waals surface area contributed by atoms with Crippen molar-refractivity contribution in [3.63, 3.8) is 0 Å². The summed E-state index contributed by atoms with van der Waals surface area (Å²) in [5, 5.41) is 19.0. The summed E-state index contributed by atoms with van der Waals surface area (Å²) in [5.41, 5.74) is 1.48. The van der Waals surface area contributed by atoms with Crippen molar-refractivity contribution < 1.29 is 9.84 Å². The van der Waals surface area contributed by atoms with E-state index < -0.39 is 6.10 Å². The van der Waals surface area contributed by atoms with Crippen LogP contribution in [0.4, 0.5) is 0 Å². The number of aliphatic hydroxyl groups is 1. The quantitative estimate of drug-likeness (QED) is 0.895. The van der Waals surface area contributed by atoms with Gasteiger partial charge in [-0.05, 0) is 24.1 Å². The van der Waals surface area contributed by atoms with Crippen molar-refractivity contribution in [2.45, 2.75) is 25.5 Å². The maximum atomic E-state index is 10.3. The summed E-state index contributed by atoms with van der Waals surface area (Å²) in [6.45, 7) is 5.10. The van der Waals surface area contributed by atoms with Gasteiger partial charge in [0.1, 0.15) is 0 Å². The molecule has 0 bridgehead atoms. The molecule has 0 aromatic heterocycles. The lowest BCUT2D eigenvalue weighted by Gasteiger charge is -2.36. The monoisotopic (exact) mass is 260 g/mol. The van der Waals surface area contributed by atoms with Crippen molar-refractivity contribution in [2.24, 2.45) is 0 Å². The van der Waals surface area contributed by atoms with Crippen molar-refractivity contribution in [1.82, 2.24) is 4.90 Å². The van der Waals surface area contributed by atoms with Crippen LogP contribution in [0.1, 0.15) is 30.6 Å². The molecule has 1 N–H and O–H groups in total. The van der Waals surface area contributed by atoms with E-state index in [1.165, 1.54) is 0 Å². The average molecular weight is 260 g/mol. The molecule has 0 radical (unpaired) electrons. The first-order chi connectivity index (χ1) is 9.24. The van der Waals surface area contributed by atoms with Crippen molar-refractivity contribution in [1.29, 1.82) is 5.26 Å². The van der Waals surface area contributed by atoms with E-state index in [0.29, 0.717) is 18.2 Å². The SMILES string of the molecule is CCC1COCCN1CC(O)c1ccc(C#N)cc1. The summed E-state index contributed by atoms with van der Waals surface area (Å²) in [4.78, 5) is 2.28. The number of morpholine rings is 1. The predicted octanol–water partition coefficient (Wildman–Crippen LogP) is 1.70. The highest BCUT2D eigenvalue weighted by atomic mass is 16.5. The molecule has 1 aliphatic rings. The lowest BCUT2D eigenvalue weighted by atomic mass is 10.1. The van der Waals surface area contributed by atoms with Crippen LogP contribution in [0.3, 0.4) is 0 Å². The van der Waals surface area contributed by atoms with Crippen LogP contribution in [-0.2, 0) is 4.74 Å². The first-order valence-corrected chi connectivity index (χ1v) is 6.74. The summed E-state index contributed by atoms with van der Waals surface area (Å²) < 4.78 is 5.46. The number of hydrogen-bond acceptors (Lipinski definition) is 4. The Morgan fingerprint density at radius 3 is 2.84 bits per heavy atom. The lowest BCUT2D eigenvalue weighted by Crippen LogP contribution is -2.46. The van der Waals surface area contributed by atoms with Crippen LogP contribution < -0.4 is 0 Å². The van der Waals surface area contributed by atoms with Gasteiger partial charge in [-0.2, -0.15) is 5.26 Å². The van der Waals surface area contributed by atoms with Crippen molar-refractivity contribution >= 4 is 0 Å². The van der Waals surface area contributed by atoms with Gasteiger partial charge in [-0.1, -0.05) is 19.1 Å². The third kappa shape index (κ3) is 3.54. The zero-order valence-corrected chi connectivity index (χ0v) is 11.2. The zero-order chi connectivity index (χ0) is 13.7. The molecule has 19 heavy (non-hydrogen) atoms. The maximum absolute atomic E-state index is 10.3. The fourth-order valence-electron chi connectivity index (χ4n) is 2.41. The Labute approximate surface area is 114 Å². The van der Waals surface area contributed by atoms with Gasteiger partial charge in [0.15, 0.2) is 0 Å². The number of aliphatic hydroxyl groups excluding tert-OH is 1. The van der Waals surface area contributed by atoms with Gasteiger partial charge in [-0.25, -0.2) is 0 Å². The molecule has 2 rings (SSSR count). The molecule has 1 aromatic carbocycles. The van der Waals surface area contributed by atoms with E-state index in [2.05, 4.69) is 17.9 Å². The standard InChI is InChI=1S/C15H20N2O2/c1-2-14-11-19-8-7-17(14)10-15(18)13-5-3-12(9-16)4-6-13/h3-6,14-15,18H,2,7-8,10-11H2,1H3. The molecule has 1 fully saturated rings. The van der Waals surface area contributed by atoms with E-state index in [1.807, 2.05) is 12.1 Å². The van der Waals surface area contributed by atoms with E-state index in [9.17, 15) is 5.11 Å². The molecular weight excluding hydrogens is 240 g/mol. The molecule has 0 amide bonds. The van der Waals surface area contributed by atoms with Gasteiger partial charge in [-0.15, -0.1) is 0 Å². The zero-order valence-electron chi connectivity index (χ0n) is 11.2. The van der Waals surface area contributed by atoms with Crippen molar-refractivity contribution in [2.75, 3.05) is 26.3 Å². The Morgan fingerprint density at radius 2 is 2.21 bits per heavy atom. The Balaban J connectivity index is 1.99. The fraction of sp³-hybridized carbons (Fsp3) is 0.533. The van der Waals surface area contributed by atoms with E-state index in [4.69, 9.17) is 10.00 Å². The first-order valence-electron chi connectivity index (χ1n) is 6.74. The Morgan fingerprint density at radius 1 is 1.47 bits per heavy atom. The smallest absolute Gasteiger partial charge is 0.0991 e. The number of nitriles is 1. The maximum Gasteiger partial charge on any atom is 0.0991 e. The van der Waals surface area contributed by atoms with Crippen molar-refractivity contribution in [3.8, 4) is 6.07 Å². The van der Waals surface area contributed by atoms with Gasteiger partial charge < -0.3 is 9.84 Å². The summed E-state index contributed by atoms with van der Waals surface area (Å²) in [6.07, 6.45) is 0.514. The molecule has 2 atom stereocenters. The third-order valence-corrected chi connectivity index (χ3v) is 3.65. The molecule has 0 saturated carbocycles. The van der Waals surface area contributed by atoms with Crippen LogP contribution in [0.15, 0.2) is 24.3 Å². The van der Waals surface area contributed by atoms with E-state index in [0.717, 1.165) is 31.7 Å². The van der Waals surface area contributed by atoms with E-state index in [1.54, 1.807) is 12.1 Å². The molecule has 1 heterocycles. The highest BCUT2D eigenvalue weighted by molar-refractivity contribution is 5.32. The number of hydrogen-bond donors (Lipinski definition) is 1. The predicted molar refractivity (Wildman–Crippen MR) is 72.6 cm³/mol. The fourth-order valence-corrected chi connectivity index (χ4v) is 2.41. The second-order valence-corrected chi connectivity index (χ2v) is 4.88. The topological polar surface area (TPSA) is 56.5 Å². The lowest BCUT2D eigenvalue weighted by molar-refractivity contribution is -0.0277. The highest BCUT2D eigenvalue weighted by Gasteiger charge is 2.23. The molecule has 0 aliphatic carbocycles. The molecule has 4 nitrogen and oxygen atoms in total. The Bertz CT molecular complexity index is 438. The van der Waals surface area contributed by atoms with Crippen molar-refractivity contribution in [3.05, 3.63) is 35.4 Å².